The maximum absolute atomic E-state index is 12.3. The third-order valence-electron chi connectivity index (χ3n) is 4.39. The number of nitrogens with one attached hydrogen (secondary N) is 2. The van der Waals surface area contributed by atoms with E-state index in [9.17, 15) is 13.2 Å². The smallest absolute Gasteiger partial charge is 0.240 e. The Kier molecular flexibility index (Phi) is 8.30. The first-order chi connectivity index (χ1) is 11.3. The molecule has 25 heavy (non-hydrogen) atoms. The highest BCUT2D eigenvalue weighted by Crippen LogP contribution is 2.20. The Hall–Kier alpha value is -1.19. The zero-order valence-electron chi connectivity index (χ0n) is 14.4. The van der Waals surface area contributed by atoms with Gasteiger partial charge in [-0.3, -0.25) is 4.79 Å². The molecule has 142 valence electrons. The molecule has 0 aromatic heterocycles. The van der Waals surface area contributed by atoms with Gasteiger partial charge in [0.05, 0.1) is 17.0 Å². The first kappa shape index (κ1) is 21.9. The van der Waals surface area contributed by atoms with Gasteiger partial charge in [-0.2, -0.15) is 0 Å². The molecule has 1 saturated heterocycles. The van der Waals surface area contributed by atoms with E-state index >= 15 is 0 Å². The van der Waals surface area contributed by atoms with Crippen LogP contribution in [0.4, 0.5) is 0 Å². The largest absolute Gasteiger partial charge is 0.381 e. The summed E-state index contributed by atoms with van der Waals surface area (Å²) < 4.78 is 31.0. The highest BCUT2D eigenvalue weighted by molar-refractivity contribution is 7.89. The van der Waals surface area contributed by atoms with Crippen molar-refractivity contribution in [2.75, 3.05) is 20.3 Å². The number of carbonyl (C=O) groups excluding carboxylic acids is 1. The van der Waals surface area contributed by atoms with Gasteiger partial charge in [0.2, 0.25) is 15.9 Å². The maximum Gasteiger partial charge on any atom is 0.240 e. The predicted molar refractivity (Wildman–Crippen MR) is 98.0 cm³/mol. The van der Waals surface area contributed by atoms with Crippen LogP contribution in [-0.2, 0) is 19.6 Å². The number of hydrogen-bond donors (Lipinski definition) is 3. The van der Waals surface area contributed by atoms with Crippen molar-refractivity contribution in [3.63, 3.8) is 0 Å². The number of sulfonamides is 1. The number of hydrogen-bond acceptors (Lipinski definition) is 5. The quantitative estimate of drug-likeness (QED) is 0.668. The summed E-state index contributed by atoms with van der Waals surface area (Å²) in [5, 5.41) is 2.90. The van der Waals surface area contributed by atoms with Crippen LogP contribution < -0.4 is 15.8 Å². The van der Waals surface area contributed by atoms with Crippen molar-refractivity contribution in [2.45, 2.75) is 36.7 Å². The van der Waals surface area contributed by atoms with E-state index in [-0.39, 0.29) is 35.2 Å². The summed E-state index contributed by atoms with van der Waals surface area (Å²) >= 11 is 0. The van der Waals surface area contributed by atoms with Crippen molar-refractivity contribution in [3.05, 3.63) is 29.8 Å². The monoisotopic (exact) mass is 391 g/mol. The van der Waals surface area contributed by atoms with Crippen LogP contribution in [0, 0.1) is 5.92 Å². The SMILES string of the molecule is CNS(=O)(=O)c1ccc(C(C)NC(=O)C(N)C2CCOCC2)cc1.Cl. The Morgan fingerprint density at radius 3 is 2.32 bits per heavy atom. The second-order valence-corrected chi connectivity index (χ2v) is 7.87. The molecule has 2 rings (SSSR count). The zero-order valence-corrected chi connectivity index (χ0v) is 16.0. The van der Waals surface area contributed by atoms with Crippen molar-refractivity contribution in [1.29, 1.82) is 0 Å². The molecule has 0 bridgehead atoms. The Balaban J connectivity index is 0.00000312. The van der Waals surface area contributed by atoms with Crippen LogP contribution in [0.5, 0.6) is 0 Å². The third kappa shape index (κ3) is 5.65. The zero-order chi connectivity index (χ0) is 17.7. The first-order valence-electron chi connectivity index (χ1n) is 8.02. The van der Waals surface area contributed by atoms with Gasteiger partial charge in [-0.1, -0.05) is 12.1 Å². The summed E-state index contributed by atoms with van der Waals surface area (Å²) in [6, 6.07) is 5.60. The molecule has 1 heterocycles. The number of amides is 1. The first-order valence-corrected chi connectivity index (χ1v) is 9.50. The molecule has 0 radical (unpaired) electrons. The Bertz CT molecular complexity index is 660. The van der Waals surface area contributed by atoms with E-state index in [1.807, 2.05) is 6.92 Å². The average Bonchev–Trinajstić information content (AvgIpc) is 2.61. The van der Waals surface area contributed by atoms with Gasteiger partial charge in [-0.25, -0.2) is 13.1 Å². The van der Waals surface area contributed by atoms with Crippen molar-refractivity contribution in [3.8, 4) is 0 Å². The molecule has 9 heteroatoms. The maximum atomic E-state index is 12.3. The van der Waals surface area contributed by atoms with Crippen LogP contribution in [0.3, 0.4) is 0 Å². The van der Waals surface area contributed by atoms with Crippen molar-refractivity contribution >= 4 is 28.3 Å². The molecular formula is C16H26ClN3O4S. The minimum absolute atomic E-state index is 0. The highest BCUT2D eigenvalue weighted by atomic mass is 35.5. The predicted octanol–water partition coefficient (Wildman–Crippen LogP) is 0.948. The normalized spacial score (nSPS) is 18.0. The van der Waals surface area contributed by atoms with Gasteiger partial charge in [0.25, 0.3) is 0 Å². The van der Waals surface area contributed by atoms with E-state index in [1.165, 1.54) is 19.2 Å². The van der Waals surface area contributed by atoms with Crippen LogP contribution in [-0.4, -0.2) is 40.6 Å². The molecule has 1 aromatic carbocycles. The van der Waals surface area contributed by atoms with E-state index in [2.05, 4.69) is 10.0 Å². The van der Waals surface area contributed by atoms with Gasteiger partial charge in [-0.15, -0.1) is 12.4 Å². The van der Waals surface area contributed by atoms with Gasteiger partial charge >= 0.3 is 0 Å². The Labute approximate surface area is 155 Å². The summed E-state index contributed by atoms with van der Waals surface area (Å²) in [5.74, 6) is -0.0598. The molecule has 7 nitrogen and oxygen atoms in total. The van der Waals surface area contributed by atoms with Crippen LogP contribution in [0.15, 0.2) is 29.2 Å². The number of benzene rings is 1. The topological polar surface area (TPSA) is 111 Å². The van der Waals surface area contributed by atoms with Gasteiger partial charge in [-0.05, 0) is 50.4 Å². The number of carbonyl (C=O) groups is 1. The summed E-state index contributed by atoms with van der Waals surface area (Å²) in [6.07, 6.45) is 1.58. The molecule has 0 saturated carbocycles. The second kappa shape index (κ2) is 9.49. The Morgan fingerprint density at radius 1 is 1.24 bits per heavy atom. The fraction of sp³-hybridized carbons (Fsp3) is 0.562. The molecule has 1 aromatic rings. The minimum Gasteiger partial charge on any atom is -0.381 e. The van der Waals surface area contributed by atoms with Crippen molar-refractivity contribution in [2.24, 2.45) is 11.7 Å². The van der Waals surface area contributed by atoms with E-state index in [0.29, 0.717) is 13.2 Å². The highest BCUT2D eigenvalue weighted by Gasteiger charge is 2.27. The molecule has 1 amide bonds. The van der Waals surface area contributed by atoms with Crippen LogP contribution in [0.1, 0.15) is 31.4 Å². The lowest BCUT2D eigenvalue weighted by atomic mass is 9.91. The molecule has 1 fully saturated rings. The van der Waals surface area contributed by atoms with Crippen LogP contribution in [0.2, 0.25) is 0 Å². The summed E-state index contributed by atoms with van der Waals surface area (Å²) in [5.41, 5.74) is 6.88. The second-order valence-electron chi connectivity index (χ2n) is 5.98. The molecule has 1 aliphatic heterocycles. The molecule has 2 atom stereocenters. The lowest BCUT2D eigenvalue weighted by molar-refractivity contribution is -0.125. The molecule has 0 spiro atoms. The summed E-state index contributed by atoms with van der Waals surface area (Å²) in [7, 11) is -2.10. The van der Waals surface area contributed by atoms with Gasteiger partial charge < -0.3 is 15.8 Å². The van der Waals surface area contributed by atoms with E-state index in [0.717, 1.165) is 18.4 Å². The van der Waals surface area contributed by atoms with Gasteiger partial charge in [0.1, 0.15) is 0 Å². The van der Waals surface area contributed by atoms with E-state index in [4.69, 9.17) is 10.5 Å². The average molecular weight is 392 g/mol. The molecule has 1 aliphatic rings. The Morgan fingerprint density at radius 2 is 1.80 bits per heavy atom. The van der Waals surface area contributed by atoms with Crippen molar-refractivity contribution in [1.82, 2.24) is 10.0 Å². The van der Waals surface area contributed by atoms with E-state index < -0.39 is 16.1 Å². The summed E-state index contributed by atoms with van der Waals surface area (Å²) in [6.45, 7) is 3.13. The molecule has 4 N–H and O–H groups in total. The van der Waals surface area contributed by atoms with Gasteiger partial charge in [0.15, 0.2) is 0 Å². The van der Waals surface area contributed by atoms with E-state index in [1.54, 1.807) is 12.1 Å². The van der Waals surface area contributed by atoms with Gasteiger partial charge in [0, 0.05) is 13.2 Å². The minimum atomic E-state index is -3.46. The number of rotatable bonds is 6. The van der Waals surface area contributed by atoms with Crippen LogP contribution in [0.25, 0.3) is 0 Å². The summed E-state index contributed by atoms with van der Waals surface area (Å²) in [4.78, 5) is 12.5. The molecule has 0 aliphatic carbocycles. The fourth-order valence-corrected chi connectivity index (χ4v) is 3.47. The lowest BCUT2D eigenvalue weighted by Crippen LogP contribution is -2.47. The third-order valence-corrected chi connectivity index (χ3v) is 5.82. The molecule has 2 unspecified atom stereocenters. The lowest BCUT2D eigenvalue weighted by Gasteiger charge is -2.28. The number of ether oxygens (including phenoxy) is 1. The number of nitrogens with two attached hydrogens (primary N) is 1. The number of halogens is 1. The van der Waals surface area contributed by atoms with Crippen LogP contribution >= 0.6 is 12.4 Å². The standard InChI is InChI=1S/C16H25N3O4S.ClH/c1-11(12-3-5-14(6-4-12)24(21,22)18-2)19-16(20)15(17)13-7-9-23-10-8-13;/h3-6,11,13,15,18H,7-10,17H2,1-2H3,(H,19,20);1H. The molecular weight excluding hydrogens is 366 g/mol. The fourth-order valence-electron chi connectivity index (χ4n) is 2.74. The van der Waals surface area contributed by atoms with Crippen molar-refractivity contribution < 1.29 is 17.9 Å².